The molecule has 1 unspecified atom stereocenters. The van der Waals surface area contributed by atoms with E-state index < -0.39 is 6.04 Å². The minimum atomic E-state index is -0.417. The third-order valence-corrected chi connectivity index (χ3v) is 1.74. The second kappa shape index (κ2) is 3.49. The first-order valence-corrected chi connectivity index (χ1v) is 3.94. The van der Waals surface area contributed by atoms with Gasteiger partial charge in [-0.25, -0.2) is 0 Å². The molecule has 1 aromatic rings. The number of carbonyl (C=O) groups is 1. The summed E-state index contributed by atoms with van der Waals surface area (Å²) < 4.78 is 1.59. The summed E-state index contributed by atoms with van der Waals surface area (Å²) in [5.74, 6) is -0.0851. The first-order chi connectivity index (χ1) is 5.65. The normalized spacial score (nSPS) is 12.9. The number of Topliss-reactive ketones (excluding diaryl/α,β-unsaturated/α-hetero) is 1. The lowest BCUT2D eigenvalue weighted by Gasteiger charge is -2.03. The molecule has 1 atom stereocenters. The number of carbonyl (C=O) groups excluding carboxylic acids is 1. The zero-order chi connectivity index (χ0) is 9.14. The quantitative estimate of drug-likeness (QED) is 0.660. The molecule has 66 valence electrons. The molecule has 0 aliphatic carbocycles. The van der Waals surface area contributed by atoms with E-state index in [0.717, 1.165) is 0 Å². The highest BCUT2D eigenvalue weighted by Gasteiger charge is 2.15. The first-order valence-electron chi connectivity index (χ1n) is 3.94. The van der Waals surface area contributed by atoms with E-state index in [0.29, 0.717) is 12.1 Å². The Bertz CT molecular complexity index is 280. The van der Waals surface area contributed by atoms with Crippen LogP contribution in [-0.2, 0) is 7.05 Å². The molecule has 0 aromatic carbocycles. The van der Waals surface area contributed by atoms with Crippen LogP contribution in [0.25, 0.3) is 0 Å². The highest BCUT2D eigenvalue weighted by atomic mass is 16.1. The van der Waals surface area contributed by atoms with Gasteiger partial charge in [0.05, 0.1) is 6.04 Å². The van der Waals surface area contributed by atoms with Gasteiger partial charge in [-0.3, -0.25) is 9.48 Å². The lowest BCUT2D eigenvalue weighted by molar-refractivity contribution is 0.0954. The fourth-order valence-corrected chi connectivity index (χ4v) is 0.922. The van der Waals surface area contributed by atoms with Crippen molar-refractivity contribution in [1.82, 2.24) is 9.78 Å². The van der Waals surface area contributed by atoms with Crippen molar-refractivity contribution < 1.29 is 4.79 Å². The van der Waals surface area contributed by atoms with Gasteiger partial charge in [-0.15, -0.1) is 0 Å². The molecule has 12 heavy (non-hydrogen) atoms. The Labute approximate surface area is 71.4 Å². The summed E-state index contributed by atoms with van der Waals surface area (Å²) in [7, 11) is 1.77. The molecule has 4 heteroatoms. The van der Waals surface area contributed by atoms with Crippen molar-refractivity contribution in [2.45, 2.75) is 19.4 Å². The maximum Gasteiger partial charge on any atom is 0.199 e. The zero-order valence-electron chi connectivity index (χ0n) is 7.32. The van der Waals surface area contributed by atoms with E-state index in [-0.39, 0.29) is 5.78 Å². The molecule has 0 aliphatic rings. The molecule has 1 rings (SSSR count). The van der Waals surface area contributed by atoms with Crippen molar-refractivity contribution >= 4 is 5.78 Å². The summed E-state index contributed by atoms with van der Waals surface area (Å²) in [4.78, 5) is 11.4. The molecule has 0 fully saturated rings. The Balaban J connectivity index is 2.78. The standard InChI is InChI=1S/C8H13N3O/c1-3-6(9)8(12)7-4-5-11(2)10-7/h4-6H,3,9H2,1-2H3. The third-order valence-electron chi connectivity index (χ3n) is 1.74. The van der Waals surface area contributed by atoms with Gasteiger partial charge in [-0.2, -0.15) is 5.10 Å². The smallest absolute Gasteiger partial charge is 0.199 e. The Kier molecular flexibility index (Phi) is 2.60. The summed E-state index contributed by atoms with van der Waals surface area (Å²) in [6.07, 6.45) is 2.38. The van der Waals surface area contributed by atoms with Crippen LogP contribution in [0, 0.1) is 0 Å². The molecule has 0 aliphatic heterocycles. The van der Waals surface area contributed by atoms with Crippen LogP contribution in [0.15, 0.2) is 12.3 Å². The van der Waals surface area contributed by atoms with Crippen LogP contribution in [0.2, 0.25) is 0 Å². The first kappa shape index (κ1) is 8.93. The summed E-state index contributed by atoms with van der Waals surface area (Å²) >= 11 is 0. The zero-order valence-corrected chi connectivity index (χ0v) is 7.32. The number of nitrogens with zero attached hydrogens (tertiary/aromatic N) is 2. The van der Waals surface area contributed by atoms with Crippen LogP contribution >= 0.6 is 0 Å². The van der Waals surface area contributed by atoms with Gasteiger partial charge < -0.3 is 5.73 Å². The average Bonchev–Trinajstić information content (AvgIpc) is 2.49. The molecule has 1 aromatic heterocycles. The Morgan fingerprint density at radius 1 is 1.83 bits per heavy atom. The van der Waals surface area contributed by atoms with Gasteiger partial charge in [-0.1, -0.05) is 6.92 Å². The number of rotatable bonds is 3. The van der Waals surface area contributed by atoms with Crippen molar-refractivity contribution in [3.05, 3.63) is 18.0 Å². The maximum atomic E-state index is 11.4. The molecule has 0 bridgehead atoms. The Hall–Kier alpha value is -1.16. The number of hydrogen-bond donors (Lipinski definition) is 1. The van der Waals surface area contributed by atoms with E-state index in [4.69, 9.17) is 5.73 Å². The van der Waals surface area contributed by atoms with Gasteiger partial charge in [0.2, 0.25) is 0 Å². The largest absolute Gasteiger partial charge is 0.321 e. The van der Waals surface area contributed by atoms with Gasteiger partial charge in [-0.05, 0) is 12.5 Å². The van der Waals surface area contributed by atoms with Crippen LogP contribution < -0.4 is 5.73 Å². The van der Waals surface area contributed by atoms with Crippen LogP contribution in [0.3, 0.4) is 0 Å². The number of aromatic nitrogens is 2. The maximum absolute atomic E-state index is 11.4. The van der Waals surface area contributed by atoms with Crippen molar-refractivity contribution in [1.29, 1.82) is 0 Å². The minimum absolute atomic E-state index is 0.0851. The van der Waals surface area contributed by atoms with Gasteiger partial charge in [0.25, 0.3) is 0 Å². The highest BCUT2D eigenvalue weighted by Crippen LogP contribution is 2.00. The van der Waals surface area contributed by atoms with Crippen molar-refractivity contribution in [2.75, 3.05) is 0 Å². The molecule has 0 spiro atoms. The molecule has 0 saturated heterocycles. The molecule has 0 radical (unpaired) electrons. The van der Waals surface area contributed by atoms with Gasteiger partial charge in [0.1, 0.15) is 5.69 Å². The molecule has 1 heterocycles. The van der Waals surface area contributed by atoms with Crippen LogP contribution in [-0.4, -0.2) is 21.6 Å². The van der Waals surface area contributed by atoms with Crippen LogP contribution in [0.5, 0.6) is 0 Å². The monoisotopic (exact) mass is 167 g/mol. The predicted molar refractivity (Wildman–Crippen MR) is 45.8 cm³/mol. The van der Waals surface area contributed by atoms with E-state index >= 15 is 0 Å². The minimum Gasteiger partial charge on any atom is -0.321 e. The number of ketones is 1. The third kappa shape index (κ3) is 1.71. The van der Waals surface area contributed by atoms with Gasteiger partial charge in [0, 0.05) is 13.2 Å². The highest BCUT2D eigenvalue weighted by molar-refractivity contribution is 5.98. The Morgan fingerprint density at radius 3 is 2.92 bits per heavy atom. The van der Waals surface area contributed by atoms with E-state index in [1.54, 1.807) is 24.0 Å². The van der Waals surface area contributed by atoms with Gasteiger partial charge in [0.15, 0.2) is 5.78 Å². The van der Waals surface area contributed by atoms with Crippen molar-refractivity contribution in [2.24, 2.45) is 12.8 Å². The lowest BCUT2D eigenvalue weighted by Crippen LogP contribution is -2.29. The summed E-state index contributed by atoms with van der Waals surface area (Å²) in [5, 5.41) is 3.97. The number of aryl methyl sites for hydroxylation is 1. The van der Waals surface area contributed by atoms with Gasteiger partial charge >= 0.3 is 0 Å². The Morgan fingerprint density at radius 2 is 2.50 bits per heavy atom. The summed E-state index contributed by atoms with van der Waals surface area (Å²) in [5.41, 5.74) is 6.01. The molecule has 2 N–H and O–H groups in total. The molecule has 4 nitrogen and oxygen atoms in total. The molecule has 0 amide bonds. The molecular formula is C8H13N3O. The number of nitrogens with two attached hydrogens (primary N) is 1. The number of hydrogen-bond acceptors (Lipinski definition) is 3. The summed E-state index contributed by atoms with van der Waals surface area (Å²) in [6.45, 7) is 1.88. The molecular weight excluding hydrogens is 154 g/mol. The lowest BCUT2D eigenvalue weighted by atomic mass is 10.1. The van der Waals surface area contributed by atoms with E-state index in [9.17, 15) is 4.79 Å². The average molecular weight is 167 g/mol. The van der Waals surface area contributed by atoms with Crippen molar-refractivity contribution in [3.63, 3.8) is 0 Å². The fourth-order valence-electron chi connectivity index (χ4n) is 0.922. The topological polar surface area (TPSA) is 60.9 Å². The second-order valence-electron chi connectivity index (χ2n) is 2.75. The molecule has 0 saturated carbocycles. The van der Waals surface area contributed by atoms with E-state index in [2.05, 4.69) is 5.10 Å². The fraction of sp³-hybridized carbons (Fsp3) is 0.500. The second-order valence-corrected chi connectivity index (χ2v) is 2.75. The SMILES string of the molecule is CCC(N)C(=O)c1ccn(C)n1. The van der Waals surface area contributed by atoms with E-state index in [1.165, 1.54) is 0 Å². The van der Waals surface area contributed by atoms with Crippen molar-refractivity contribution in [3.8, 4) is 0 Å². The predicted octanol–water partition coefficient (Wildman–Crippen LogP) is 0.340. The van der Waals surface area contributed by atoms with E-state index in [1.807, 2.05) is 6.92 Å². The van der Waals surface area contributed by atoms with Crippen LogP contribution in [0.1, 0.15) is 23.8 Å². The van der Waals surface area contributed by atoms with Crippen LogP contribution in [0.4, 0.5) is 0 Å². The summed E-state index contributed by atoms with van der Waals surface area (Å²) in [6, 6.07) is 1.26.